The Morgan fingerprint density at radius 1 is 1.28 bits per heavy atom. The van der Waals surface area contributed by atoms with Gasteiger partial charge in [0.15, 0.2) is 5.82 Å². The SMILES string of the molecule is CC(C)(C)Cc1[nH]nc(N)c1-c1ccccc1F. The van der Waals surface area contributed by atoms with E-state index in [2.05, 4.69) is 31.0 Å². The number of aromatic amines is 1. The van der Waals surface area contributed by atoms with E-state index in [0.717, 1.165) is 12.1 Å². The zero-order valence-electron chi connectivity index (χ0n) is 10.9. The highest BCUT2D eigenvalue weighted by molar-refractivity contribution is 5.76. The molecule has 0 atom stereocenters. The van der Waals surface area contributed by atoms with Gasteiger partial charge < -0.3 is 5.73 Å². The van der Waals surface area contributed by atoms with Crippen molar-refractivity contribution in [2.45, 2.75) is 27.2 Å². The van der Waals surface area contributed by atoms with E-state index in [9.17, 15) is 4.39 Å². The Morgan fingerprint density at radius 2 is 1.94 bits per heavy atom. The number of rotatable bonds is 2. The third kappa shape index (κ3) is 2.53. The fraction of sp³-hybridized carbons (Fsp3) is 0.357. The quantitative estimate of drug-likeness (QED) is 0.854. The van der Waals surface area contributed by atoms with E-state index >= 15 is 0 Å². The van der Waals surface area contributed by atoms with Crippen LogP contribution in [0.15, 0.2) is 24.3 Å². The summed E-state index contributed by atoms with van der Waals surface area (Å²) in [7, 11) is 0. The molecule has 0 saturated heterocycles. The van der Waals surface area contributed by atoms with Crippen molar-refractivity contribution in [3.63, 3.8) is 0 Å². The van der Waals surface area contributed by atoms with Gasteiger partial charge in [-0.3, -0.25) is 5.10 Å². The number of nitrogens with zero attached hydrogens (tertiary/aromatic N) is 1. The molecule has 0 saturated carbocycles. The summed E-state index contributed by atoms with van der Waals surface area (Å²) < 4.78 is 13.8. The van der Waals surface area contributed by atoms with Gasteiger partial charge in [-0.05, 0) is 17.9 Å². The van der Waals surface area contributed by atoms with E-state index in [4.69, 9.17) is 5.73 Å². The molecule has 96 valence electrons. The molecule has 0 radical (unpaired) electrons. The Hall–Kier alpha value is -1.84. The van der Waals surface area contributed by atoms with Crippen molar-refractivity contribution < 1.29 is 4.39 Å². The van der Waals surface area contributed by atoms with Crippen LogP contribution >= 0.6 is 0 Å². The second kappa shape index (κ2) is 4.44. The first-order chi connectivity index (χ1) is 8.38. The van der Waals surface area contributed by atoms with Gasteiger partial charge in [0.25, 0.3) is 0 Å². The number of anilines is 1. The second-order valence-corrected chi connectivity index (χ2v) is 5.68. The lowest BCUT2D eigenvalue weighted by Gasteiger charge is -2.18. The van der Waals surface area contributed by atoms with Crippen LogP contribution < -0.4 is 5.73 Å². The van der Waals surface area contributed by atoms with Gasteiger partial charge in [0.1, 0.15) is 5.82 Å². The fourth-order valence-corrected chi connectivity index (χ4v) is 2.02. The van der Waals surface area contributed by atoms with Crippen molar-refractivity contribution in [3.05, 3.63) is 35.8 Å². The molecule has 2 aromatic rings. The molecule has 3 nitrogen and oxygen atoms in total. The minimum Gasteiger partial charge on any atom is -0.382 e. The molecule has 1 aromatic carbocycles. The summed E-state index contributed by atoms with van der Waals surface area (Å²) in [6, 6.07) is 6.62. The number of halogens is 1. The molecule has 0 aliphatic heterocycles. The third-order valence-corrected chi connectivity index (χ3v) is 2.72. The summed E-state index contributed by atoms with van der Waals surface area (Å²) in [6.07, 6.45) is 0.765. The number of benzene rings is 1. The summed E-state index contributed by atoms with van der Waals surface area (Å²) in [6.45, 7) is 6.36. The van der Waals surface area contributed by atoms with Crippen LogP contribution in [0.25, 0.3) is 11.1 Å². The molecule has 0 aliphatic rings. The van der Waals surface area contributed by atoms with E-state index in [1.807, 2.05) is 0 Å². The van der Waals surface area contributed by atoms with Crippen LogP contribution in [-0.2, 0) is 6.42 Å². The average Bonchev–Trinajstić information content (AvgIpc) is 2.59. The van der Waals surface area contributed by atoms with Gasteiger partial charge in [0.2, 0.25) is 0 Å². The molecule has 0 amide bonds. The van der Waals surface area contributed by atoms with Gasteiger partial charge in [0.05, 0.1) is 0 Å². The van der Waals surface area contributed by atoms with Crippen LogP contribution in [0.5, 0.6) is 0 Å². The van der Waals surface area contributed by atoms with Crippen molar-refractivity contribution >= 4 is 5.82 Å². The van der Waals surface area contributed by atoms with E-state index in [1.165, 1.54) is 6.07 Å². The number of nitrogen functional groups attached to an aromatic ring is 1. The van der Waals surface area contributed by atoms with Gasteiger partial charge in [-0.25, -0.2) is 4.39 Å². The molecular formula is C14H18FN3. The van der Waals surface area contributed by atoms with Crippen LogP contribution in [0.2, 0.25) is 0 Å². The molecule has 0 aliphatic carbocycles. The average molecular weight is 247 g/mol. The first kappa shape index (κ1) is 12.6. The van der Waals surface area contributed by atoms with E-state index < -0.39 is 0 Å². The summed E-state index contributed by atoms with van der Waals surface area (Å²) in [5.41, 5.74) is 8.00. The van der Waals surface area contributed by atoms with Crippen molar-refractivity contribution in [2.24, 2.45) is 5.41 Å². The molecule has 1 heterocycles. The molecule has 2 rings (SSSR count). The Kier molecular flexibility index (Phi) is 3.11. The van der Waals surface area contributed by atoms with E-state index in [1.54, 1.807) is 18.2 Å². The van der Waals surface area contributed by atoms with Crippen LogP contribution in [0.3, 0.4) is 0 Å². The number of hydrogen-bond donors (Lipinski definition) is 2. The molecule has 0 fully saturated rings. The van der Waals surface area contributed by atoms with Gasteiger partial charge in [0, 0.05) is 16.8 Å². The number of nitrogens with two attached hydrogens (primary N) is 1. The highest BCUT2D eigenvalue weighted by Crippen LogP contribution is 2.33. The fourth-order valence-electron chi connectivity index (χ4n) is 2.02. The van der Waals surface area contributed by atoms with Crippen molar-refractivity contribution in [1.82, 2.24) is 10.2 Å². The predicted molar refractivity (Wildman–Crippen MR) is 71.6 cm³/mol. The van der Waals surface area contributed by atoms with Crippen LogP contribution in [0.1, 0.15) is 26.5 Å². The third-order valence-electron chi connectivity index (χ3n) is 2.72. The minimum absolute atomic E-state index is 0.0823. The monoisotopic (exact) mass is 247 g/mol. The molecular weight excluding hydrogens is 229 g/mol. The molecule has 3 N–H and O–H groups in total. The molecule has 18 heavy (non-hydrogen) atoms. The largest absolute Gasteiger partial charge is 0.382 e. The van der Waals surface area contributed by atoms with E-state index in [0.29, 0.717) is 16.9 Å². The summed E-state index contributed by atoms with van der Waals surface area (Å²) >= 11 is 0. The standard InChI is InChI=1S/C14H18FN3/c1-14(2,3)8-11-12(13(16)18-17-11)9-6-4-5-7-10(9)15/h4-7H,8H2,1-3H3,(H3,16,17,18). The number of aromatic nitrogens is 2. The Bertz CT molecular complexity index is 552. The van der Waals surface area contributed by atoms with Crippen molar-refractivity contribution in [3.8, 4) is 11.1 Å². The number of nitrogens with one attached hydrogen (secondary N) is 1. The van der Waals surface area contributed by atoms with E-state index in [-0.39, 0.29) is 11.2 Å². The molecule has 0 bridgehead atoms. The zero-order chi connectivity index (χ0) is 13.3. The lowest BCUT2D eigenvalue weighted by molar-refractivity contribution is 0.406. The summed E-state index contributed by atoms with van der Waals surface area (Å²) in [5.74, 6) is 0.0695. The lowest BCUT2D eigenvalue weighted by Crippen LogP contribution is -2.10. The van der Waals surface area contributed by atoms with Crippen molar-refractivity contribution in [1.29, 1.82) is 0 Å². The highest BCUT2D eigenvalue weighted by atomic mass is 19.1. The molecule has 0 spiro atoms. The maximum atomic E-state index is 13.8. The number of hydrogen-bond acceptors (Lipinski definition) is 2. The Morgan fingerprint density at radius 3 is 2.56 bits per heavy atom. The second-order valence-electron chi connectivity index (χ2n) is 5.68. The Balaban J connectivity index is 2.51. The molecule has 4 heteroatoms. The van der Waals surface area contributed by atoms with Gasteiger partial charge in [-0.15, -0.1) is 0 Å². The van der Waals surface area contributed by atoms with Crippen LogP contribution in [-0.4, -0.2) is 10.2 Å². The lowest BCUT2D eigenvalue weighted by atomic mass is 9.88. The normalized spacial score (nSPS) is 11.8. The first-order valence-electron chi connectivity index (χ1n) is 5.96. The topological polar surface area (TPSA) is 54.7 Å². The van der Waals surface area contributed by atoms with Crippen molar-refractivity contribution in [2.75, 3.05) is 5.73 Å². The predicted octanol–water partition coefficient (Wildman–Crippen LogP) is 3.39. The smallest absolute Gasteiger partial charge is 0.153 e. The maximum absolute atomic E-state index is 13.8. The maximum Gasteiger partial charge on any atom is 0.153 e. The van der Waals surface area contributed by atoms with Crippen LogP contribution in [0, 0.1) is 11.2 Å². The van der Waals surface area contributed by atoms with Crippen LogP contribution in [0.4, 0.5) is 10.2 Å². The van der Waals surface area contributed by atoms with Gasteiger partial charge in [-0.2, -0.15) is 5.10 Å². The summed E-state index contributed by atoms with van der Waals surface area (Å²) in [4.78, 5) is 0. The van der Waals surface area contributed by atoms with Gasteiger partial charge >= 0.3 is 0 Å². The zero-order valence-corrected chi connectivity index (χ0v) is 10.9. The first-order valence-corrected chi connectivity index (χ1v) is 5.96. The Labute approximate surface area is 106 Å². The summed E-state index contributed by atoms with van der Waals surface area (Å²) in [5, 5.41) is 6.92. The molecule has 0 unspecified atom stereocenters. The number of H-pyrrole nitrogens is 1. The van der Waals surface area contributed by atoms with Gasteiger partial charge in [-0.1, -0.05) is 39.0 Å². The minimum atomic E-state index is -0.277. The highest BCUT2D eigenvalue weighted by Gasteiger charge is 2.20. The molecule has 1 aromatic heterocycles.